The number of aromatic nitrogens is 2. The summed E-state index contributed by atoms with van der Waals surface area (Å²) in [5.74, 6) is 1.99. The van der Waals surface area contributed by atoms with Crippen LogP contribution in [-0.2, 0) is 13.1 Å². The van der Waals surface area contributed by atoms with Gasteiger partial charge in [0.15, 0.2) is 16.8 Å². The van der Waals surface area contributed by atoms with Gasteiger partial charge in [0.05, 0.1) is 11.0 Å². The minimum absolute atomic E-state index is 0.371. The first-order valence-corrected chi connectivity index (χ1v) is 7.41. The minimum atomic E-state index is 0.371. The average molecular weight is 304 g/mol. The molecule has 2 heterocycles. The molecule has 2 N–H and O–H groups in total. The molecule has 0 fully saturated rings. The number of imidazole rings is 1. The molecule has 3 aromatic rings. The lowest BCUT2D eigenvalue weighted by molar-refractivity contribution is 0.522. The Labute approximate surface area is 128 Å². The second-order valence-electron chi connectivity index (χ2n) is 5.57. The van der Waals surface area contributed by atoms with E-state index in [-0.39, 0.29) is 0 Å². The van der Waals surface area contributed by atoms with Crippen molar-refractivity contribution in [2.75, 3.05) is 0 Å². The summed E-state index contributed by atoms with van der Waals surface area (Å²) in [7, 11) is 0. The van der Waals surface area contributed by atoms with Crippen LogP contribution in [0, 0.1) is 5.92 Å². The van der Waals surface area contributed by atoms with Crippen LogP contribution < -0.4 is 5.73 Å². The highest BCUT2D eigenvalue weighted by atomic mass is 35.5. The Morgan fingerprint density at radius 2 is 2.10 bits per heavy atom. The van der Waals surface area contributed by atoms with E-state index < -0.39 is 0 Å². The van der Waals surface area contributed by atoms with Gasteiger partial charge >= 0.3 is 0 Å². The molecular weight excluding hydrogens is 286 g/mol. The Morgan fingerprint density at radius 1 is 1.29 bits per heavy atom. The van der Waals surface area contributed by atoms with Gasteiger partial charge in [-0.25, -0.2) is 4.98 Å². The summed E-state index contributed by atoms with van der Waals surface area (Å²) in [6.45, 7) is 5.74. The van der Waals surface area contributed by atoms with Gasteiger partial charge in [-0.05, 0) is 47.3 Å². The van der Waals surface area contributed by atoms with Crippen molar-refractivity contribution in [3.63, 3.8) is 0 Å². The van der Waals surface area contributed by atoms with Crippen LogP contribution in [0.3, 0.4) is 0 Å². The number of nitrogens with two attached hydrogens (primary N) is 1. The zero-order valence-corrected chi connectivity index (χ0v) is 12.9. The fourth-order valence-corrected chi connectivity index (χ4v) is 2.62. The minimum Gasteiger partial charge on any atom is -0.441 e. The summed E-state index contributed by atoms with van der Waals surface area (Å²) in [6, 6.07) is 9.73. The third-order valence-electron chi connectivity index (χ3n) is 3.39. The SMILES string of the molecule is CC(C)Cn1c(-c2ccc(Cl)o2)nc2cc(CN)ccc21. The first-order chi connectivity index (χ1) is 10.1. The smallest absolute Gasteiger partial charge is 0.194 e. The van der Waals surface area contributed by atoms with Crippen LogP contribution in [0.5, 0.6) is 0 Å². The number of hydrogen-bond acceptors (Lipinski definition) is 3. The number of halogens is 1. The molecule has 2 aromatic heterocycles. The largest absolute Gasteiger partial charge is 0.441 e. The maximum absolute atomic E-state index is 5.89. The van der Waals surface area contributed by atoms with Crippen LogP contribution in [0.4, 0.5) is 0 Å². The number of furan rings is 1. The van der Waals surface area contributed by atoms with E-state index in [0.29, 0.717) is 23.4 Å². The normalized spacial score (nSPS) is 11.7. The van der Waals surface area contributed by atoms with E-state index >= 15 is 0 Å². The predicted molar refractivity (Wildman–Crippen MR) is 85.2 cm³/mol. The molecule has 0 spiro atoms. The average Bonchev–Trinajstić information content (AvgIpc) is 3.02. The Hall–Kier alpha value is -1.78. The molecule has 4 nitrogen and oxygen atoms in total. The first kappa shape index (κ1) is 14.2. The van der Waals surface area contributed by atoms with Crippen molar-refractivity contribution >= 4 is 22.6 Å². The standard InChI is InChI=1S/C16H18ClN3O/c1-10(2)9-20-13-4-3-11(8-18)7-12(13)19-16(20)14-5-6-15(17)21-14/h3-7,10H,8-9,18H2,1-2H3. The number of hydrogen-bond donors (Lipinski definition) is 1. The van der Waals surface area contributed by atoms with Crippen molar-refractivity contribution in [3.05, 3.63) is 41.1 Å². The number of fused-ring (bicyclic) bond motifs is 1. The van der Waals surface area contributed by atoms with Gasteiger partial charge in [-0.2, -0.15) is 0 Å². The third-order valence-corrected chi connectivity index (χ3v) is 3.59. The monoisotopic (exact) mass is 303 g/mol. The van der Waals surface area contributed by atoms with E-state index in [1.807, 2.05) is 18.2 Å². The molecule has 0 aliphatic carbocycles. The van der Waals surface area contributed by atoms with E-state index in [2.05, 4.69) is 24.5 Å². The summed E-state index contributed by atoms with van der Waals surface area (Å²) in [4.78, 5) is 4.71. The molecular formula is C16H18ClN3O. The fraction of sp³-hybridized carbons (Fsp3) is 0.312. The van der Waals surface area contributed by atoms with Crippen LogP contribution in [0.1, 0.15) is 19.4 Å². The van der Waals surface area contributed by atoms with Gasteiger partial charge in [0, 0.05) is 13.1 Å². The molecule has 21 heavy (non-hydrogen) atoms. The maximum atomic E-state index is 5.89. The van der Waals surface area contributed by atoms with Gasteiger partial charge in [-0.1, -0.05) is 19.9 Å². The van der Waals surface area contributed by atoms with Crippen LogP contribution in [0.2, 0.25) is 5.22 Å². The van der Waals surface area contributed by atoms with Crippen molar-refractivity contribution in [2.45, 2.75) is 26.9 Å². The molecule has 0 bridgehead atoms. The highest BCUT2D eigenvalue weighted by Gasteiger charge is 2.16. The summed E-state index contributed by atoms with van der Waals surface area (Å²) in [5.41, 5.74) is 8.80. The quantitative estimate of drug-likeness (QED) is 0.790. The van der Waals surface area contributed by atoms with Crippen LogP contribution in [0.15, 0.2) is 34.7 Å². The molecule has 0 amide bonds. The van der Waals surface area contributed by atoms with Crippen molar-refractivity contribution in [1.82, 2.24) is 9.55 Å². The van der Waals surface area contributed by atoms with Crippen molar-refractivity contribution in [2.24, 2.45) is 11.7 Å². The van der Waals surface area contributed by atoms with Crippen molar-refractivity contribution in [1.29, 1.82) is 0 Å². The third kappa shape index (κ3) is 2.69. The number of nitrogens with zero attached hydrogens (tertiary/aromatic N) is 2. The van der Waals surface area contributed by atoms with E-state index in [1.54, 1.807) is 6.07 Å². The van der Waals surface area contributed by atoms with Gasteiger partial charge in [0.25, 0.3) is 0 Å². The van der Waals surface area contributed by atoms with Gasteiger partial charge in [0.2, 0.25) is 0 Å². The van der Waals surface area contributed by atoms with Gasteiger partial charge in [-0.3, -0.25) is 0 Å². The lowest BCUT2D eigenvalue weighted by Crippen LogP contribution is -2.06. The zero-order chi connectivity index (χ0) is 15.0. The number of benzene rings is 1. The molecule has 1 aromatic carbocycles. The molecule has 0 radical (unpaired) electrons. The van der Waals surface area contributed by atoms with Crippen molar-refractivity contribution in [3.8, 4) is 11.6 Å². The van der Waals surface area contributed by atoms with Gasteiger partial charge in [-0.15, -0.1) is 0 Å². The van der Waals surface area contributed by atoms with Gasteiger partial charge in [0.1, 0.15) is 0 Å². The molecule has 110 valence electrons. The van der Waals surface area contributed by atoms with Gasteiger partial charge < -0.3 is 14.7 Å². The Kier molecular flexibility index (Phi) is 3.74. The van der Waals surface area contributed by atoms with Crippen LogP contribution in [0.25, 0.3) is 22.6 Å². The molecule has 0 saturated carbocycles. The van der Waals surface area contributed by atoms with E-state index in [1.165, 1.54) is 0 Å². The fourth-order valence-electron chi connectivity index (χ4n) is 2.47. The Morgan fingerprint density at radius 3 is 2.71 bits per heavy atom. The van der Waals surface area contributed by atoms with Crippen LogP contribution >= 0.6 is 11.6 Å². The summed E-state index contributed by atoms with van der Waals surface area (Å²) < 4.78 is 7.71. The second-order valence-corrected chi connectivity index (χ2v) is 5.94. The molecule has 3 rings (SSSR count). The lowest BCUT2D eigenvalue weighted by Gasteiger charge is -2.10. The Balaban J connectivity index is 2.21. The highest BCUT2D eigenvalue weighted by Crippen LogP contribution is 2.29. The lowest BCUT2D eigenvalue weighted by atomic mass is 10.2. The molecule has 0 atom stereocenters. The van der Waals surface area contributed by atoms with Crippen LogP contribution in [-0.4, -0.2) is 9.55 Å². The molecule has 5 heteroatoms. The van der Waals surface area contributed by atoms with Crippen molar-refractivity contribution < 1.29 is 4.42 Å². The van der Waals surface area contributed by atoms with E-state index in [0.717, 1.165) is 29.0 Å². The first-order valence-electron chi connectivity index (χ1n) is 7.03. The van der Waals surface area contributed by atoms with E-state index in [4.69, 9.17) is 26.7 Å². The number of rotatable bonds is 4. The summed E-state index contributed by atoms with van der Waals surface area (Å²) in [5, 5.41) is 0.371. The molecule has 0 saturated heterocycles. The predicted octanol–water partition coefficient (Wildman–Crippen LogP) is 4.06. The maximum Gasteiger partial charge on any atom is 0.194 e. The summed E-state index contributed by atoms with van der Waals surface area (Å²) >= 11 is 5.89. The molecule has 0 unspecified atom stereocenters. The topological polar surface area (TPSA) is 57.0 Å². The molecule has 0 aliphatic heterocycles. The summed E-state index contributed by atoms with van der Waals surface area (Å²) in [6.07, 6.45) is 0. The Bertz CT molecular complexity index is 773. The zero-order valence-electron chi connectivity index (χ0n) is 12.1. The highest BCUT2D eigenvalue weighted by molar-refractivity contribution is 6.28. The second kappa shape index (κ2) is 5.54. The molecule has 0 aliphatic rings. The van der Waals surface area contributed by atoms with E-state index in [9.17, 15) is 0 Å².